The molecule has 0 amide bonds. The molecule has 3 rings (SSSR count). The molecule has 4 N–H and O–H groups in total. The summed E-state index contributed by atoms with van der Waals surface area (Å²) in [6.45, 7) is 4.76. The molecule has 20 heavy (non-hydrogen) atoms. The van der Waals surface area contributed by atoms with E-state index in [2.05, 4.69) is 25.0 Å². The molecule has 8 nitrogen and oxygen atoms in total. The third-order valence-corrected chi connectivity index (χ3v) is 3.11. The first-order valence-corrected chi connectivity index (χ1v) is 6.45. The van der Waals surface area contributed by atoms with E-state index in [-0.39, 0.29) is 11.5 Å². The average Bonchev–Trinajstić information content (AvgIpc) is 3.01. The van der Waals surface area contributed by atoms with Crippen LogP contribution in [-0.4, -0.2) is 29.7 Å². The van der Waals surface area contributed by atoms with Gasteiger partial charge in [-0.25, -0.2) is 4.98 Å². The average molecular weight is 273 g/mol. The van der Waals surface area contributed by atoms with Crippen LogP contribution in [0, 0.1) is 0 Å². The molecule has 3 heterocycles. The highest BCUT2D eigenvalue weighted by Gasteiger charge is 2.14. The van der Waals surface area contributed by atoms with Crippen molar-refractivity contribution in [1.29, 1.82) is 0 Å². The minimum atomic E-state index is -0.329. The zero-order valence-corrected chi connectivity index (χ0v) is 11.3. The third kappa shape index (κ3) is 1.85. The van der Waals surface area contributed by atoms with Gasteiger partial charge in [0.15, 0.2) is 17.0 Å². The van der Waals surface area contributed by atoms with E-state index in [1.54, 1.807) is 0 Å². The van der Waals surface area contributed by atoms with Gasteiger partial charge in [0, 0.05) is 6.54 Å². The number of aryl methyl sites for hydroxylation is 2. The van der Waals surface area contributed by atoms with Crippen molar-refractivity contribution in [2.75, 3.05) is 5.73 Å². The monoisotopic (exact) mass is 273 g/mol. The maximum atomic E-state index is 11.8. The van der Waals surface area contributed by atoms with Crippen LogP contribution in [0.25, 0.3) is 22.7 Å². The largest absolute Gasteiger partial charge is 0.369 e. The van der Waals surface area contributed by atoms with Gasteiger partial charge < -0.3 is 10.7 Å². The standard InChI is InChI=1S/C12H15N7O/c1-3-6-5-7(19(4-2)18-6)9-14-8-10(15-9)16-12(13)17-11(8)20/h5H,3-4H2,1-2H3,(H4,13,14,15,16,17,20). The molecule has 0 unspecified atom stereocenters. The normalized spacial score (nSPS) is 11.3. The number of fused-ring (bicyclic) bond motifs is 1. The lowest BCUT2D eigenvalue weighted by Gasteiger charge is -1.99. The SMILES string of the molecule is CCc1cc(-c2nc3nc(N)[nH]c(=O)c3[nH]2)n(CC)n1. The first-order chi connectivity index (χ1) is 9.62. The Morgan fingerprint density at radius 3 is 2.80 bits per heavy atom. The molecular formula is C12H15N7O. The summed E-state index contributed by atoms with van der Waals surface area (Å²) in [6, 6.07) is 1.96. The Morgan fingerprint density at radius 2 is 2.10 bits per heavy atom. The van der Waals surface area contributed by atoms with Crippen LogP contribution >= 0.6 is 0 Å². The lowest BCUT2D eigenvalue weighted by atomic mass is 10.3. The van der Waals surface area contributed by atoms with E-state index in [1.807, 2.05) is 24.6 Å². The summed E-state index contributed by atoms with van der Waals surface area (Å²) in [6.07, 6.45) is 0.839. The number of hydrogen-bond donors (Lipinski definition) is 3. The van der Waals surface area contributed by atoms with Crippen molar-refractivity contribution < 1.29 is 0 Å². The van der Waals surface area contributed by atoms with E-state index in [0.717, 1.165) is 24.4 Å². The highest BCUT2D eigenvalue weighted by Crippen LogP contribution is 2.19. The molecule has 0 saturated heterocycles. The summed E-state index contributed by atoms with van der Waals surface area (Å²) in [5.74, 6) is 0.622. The van der Waals surface area contributed by atoms with Gasteiger partial charge in [0.1, 0.15) is 5.69 Å². The van der Waals surface area contributed by atoms with Crippen molar-refractivity contribution in [3.05, 3.63) is 22.1 Å². The third-order valence-electron chi connectivity index (χ3n) is 3.11. The van der Waals surface area contributed by atoms with Crippen LogP contribution in [0.2, 0.25) is 0 Å². The number of hydrogen-bond acceptors (Lipinski definition) is 5. The van der Waals surface area contributed by atoms with Crippen LogP contribution in [-0.2, 0) is 13.0 Å². The number of H-pyrrole nitrogens is 2. The van der Waals surface area contributed by atoms with Crippen LogP contribution in [0.4, 0.5) is 5.95 Å². The van der Waals surface area contributed by atoms with E-state index in [1.165, 1.54) is 0 Å². The first-order valence-electron chi connectivity index (χ1n) is 6.45. The number of aromatic amines is 2. The lowest BCUT2D eigenvalue weighted by Crippen LogP contribution is -2.10. The molecule has 3 aromatic heterocycles. The summed E-state index contributed by atoms with van der Waals surface area (Å²) in [4.78, 5) is 25.6. The van der Waals surface area contributed by atoms with E-state index in [0.29, 0.717) is 17.0 Å². The molecule has 8 heteroatoms. The van der Waals surface area contributed by atoms with Crippen LogP contribution in [0.15, 0.2) is 10.9 Å². The zero-order valence-electron chi connectivity index (χ0n) is 11.3. The van der Waals surface area contributed by atoms with Crippen molar-refractivity contribution in [3.8, 4) is 11.5 Å². The number of rotatable bonds is 3. The lowest BCUT2D eigenvalue weighted by molar-refractivity contribution is 0.653. The Hall–Kier alpha value is -2.64. The highest BCUT2D eigenvalue weighted by atomic mass is 16.1. The first kappa shape index (κ1) is 12.4. The predicted octanol–water partition coefficient (Wildman–Crippen LogP) is 0.674. The van der Waals surface area contributed by atoms with Crippen LogP contribution in [0.5, 0.6) is 0 Å². The predicted molar refractivity (Wildman–Crippen MR) is 75.2 cm³/mol. The summed E-state index contributed by atoms with van der Waals surface area (Å²) in [5.41, 5.74) is 7.62. The van der Waals surface area contributed by atoms with Gasteiger partial charge in [-0.05, 0) is 19.4 Å². The molecule has 0 saturated carbocycles. The fourth-order valence-corrected chi connectivity index (χ4v) is 2.12. The Kier molecular flexibility index (Phi) is 2.78. The highest BCUT2D eigenvalue weighted by molar-refractivity contribution is 5.75. The summed E-state index contributed by atoms with van der Waals surface area (Å²) in [5, 5.41) is 4.46. The zero-order chi connectivity index (χ0) is 14.3. The Labute approximate surface area is 114 Å². The molecule has 0 aliphatic heterocycles. The second-order valence-electron chi connectivity index (χ2n) is 4.43. The Bertz CT molecular complexity index is 826. The summed E-state index contributed by atoms with van der Waals surface area (Å²) in [7, 11) is 0. The molecule has 104 valence electrons. The number of aromatic nitrogens is 6. The van der Waals surface area contributed by atoms with Crippen LogP contribution in [0.1, 0.15) is 19.5 Å². The van der Waals surface area contributed by atoms with Gasteiger partial charge in [-0.3, -0.25) is 14.5 Å². The van der Waals surface area contributed by atoms with E-state index >= 15 is 0 Å². The molecule has 0 atom stereocenters. The maximum absolute atomic E-state index is 11.8. The fraction of sp³-hybridized carbons (Fsp3) is 0.333. The maximum Gasteiger partial charge on any atom is 0.278 e. The number of nitrogens with one attached hydrogen (secondary N) is 2. The van der Waals surface area contributed by atoms with Gasteiger partial charge in [-0.1, -0.05) is 6.92 Å². The molecule has 0 aliphatic carbocycles. The van der Waals surface area contributed by atoms with Crippen LogP contribution in [0.3, 0.4) is 0 Å². The second-order valence-corrected chi connectivity index (χ2v) is 4.43. The minimum absolute atomic E-state index is 0.0544. The Balaban J connectivity index is 2.22. The molecule has 0 fully saturated rings. The molecule has 0 aromatic carbocycles. The van der Waals surface area contributed by atoms with Crippen molar-refractivity contribution in [3.63, 3.8) is 0 Å². The number of nitrogens with zero attached hydrogens (tertiary/aromatic N) is 4. The minimum Gasteiger partial charge on any atom is -0.369 e. The van der Waals surface area contributed by atoms with E-state index < -0.39 is 0 Å². The van der Waals surface area contributed by atoms with Gasteiger partial charge in [-0.2, -0.15) is 10.1 Å². The number of anilines is 1. The van der Waals surface area contributed by atoms with Crippen molar-refractivity contribution in [2.24, 2.45) is 0 Å². The fourth-order valence-electron chi connectivity index (χ4n) is 2.12. The van der Waals surface area contributed by atoms with Crippen molar-refractivity contribution in [1.82, 2.24) is 29.7 Å². The molecular weight excluding hydrogens is 258 g/mol. The molecule has 0 bridgehead atoms. The topological polar surface area (TPSA) is 118 Å². The van der Waals surface area contributed by atoms with E-state index in [9.17, 15) is 4.79 Å². The Morgan fingerprint density at radius 1 is 1.30 bits per heavy atom. The van der Waals surface area contributed by atoms with Gasteiger partial charge >= 0.3 is 0 Å². The second kappa shape index (κ2) is 4.48. The summed E-state index contributed by atoms with van der Waals surface area (Å²) < 4.78 is 1.84. The van der Waals surface area contributed by atoms with Crippen LogP contribution < -0.4 is 11.3 Å². The molecule has 0 radical (unpaired) electrons. The number of imidazole rings is 1. The number of nitrogen functional groups attached to an aromatic ring is 1. The van der Waals surface area contributed by atoms with Gasteiger partial charge in [0.05, 0.1) is 5.69 Å². The van der Waals surface area contributed by atoms with Gasteiger partial charge in [-0.15, -0.1) is 0 Å². The van der Waals surface area contributed by atoms with Gasteiger partial charge in [0.25, 0.3) is 5.56 Å². The number of nitrogens with two attached hydrogens (primary N) is 1. The molecule has 3 aromatic rings. The van der Waals surface area contributed by atoms with Crippen molar-refractivity contribution in [2.45, 2.75) is 26.8 Å². The molecule has 0 spiro atoms. The van der Waals surface area contributed by atoms with E-state index in [4.69, 9.17) is 5.73 Å². The quantitative estimate of drug-likeness (QED) is 0.648. The van der Waals surface area contributed by atoms with Crippen molar-refractivity contribution >= 4 is 17.1 Å². The molecule has 0 aliphatic rings. The summed E-state index contributed by atoms with van der Waals surface area (Å²) >= 11 is 0. The smallest absolute Gasteiger partial charge is 0.278 e. The van der Waals surface area contributed by atoms with Gasteiger partial charge in [0.2, 0.25) is 5.95 Å².